The molecule has 0 aliphatic heterocycles. The summed E-state index contributed by atoms with van der Waals surface area (Å²) in [5.41, 5.74) is 1.36. The number of rotatable bonds is 6. The minimum atomic E-state index is -1.03. The van der Waals surface area contributed by atoms with Crippen LogP contribution in [0.4, 0.5) is 4.79 Å². The van der Waals surface area contributed by atoms with Gasteiger partial charge in [0.05, 0.1) is 11.6 Å². The van der Waals surface area contributed by atoms with E-state index >= 15 is 0 Å². The Kier molecular flexibility index (Phi) is 6.21. The second kappa shape index (κ2) is 7.90. The van der Waals surface area contributed by atoms with E-state index < -0.39 is 5.97 Å². The van der Waals surface area contributed by atoms with Gasteiger partial charge in [-0.15, -0.1) is 0 Å². The minimum Gasteiger partial charge on any atom is -0.480 e. The summed E-state index contributed by atoms with van der Waals surface area (Å²) in [5.74, 6) is -1.03. The Balaban J connectivity index is 2.75. The van der Waals surface area contributed by atoms with Gasteiger partial charge in [-0.1, -0.05) is 19.1 Å². The lowest BCUT2D eigenvalue weighted by Crippen LogP contribution is -2.43. The van der Waals surface area contributed by atoms with Crippen LogP contribution in [0.25, 0.3) is 0 Å². The number of benzene rings is 1. The second-order valence-electron chi connectivity index (χ2n) is 4.77. The molecule has 0 unspecified atom stereocenters. The topological polar surface area (TPSA) is 84.6 Å². The molecule has 21 heavy (non-hydrogen) atoms. The Morgan fingerprint density at radius 1 is 1.38 bits per heavy atom. The van der Waals surface area contributed by atoms with Crippen molar-refractivity contribution in [1.29, 1.82) is 5.26 Å². The average Bonchev–Trinajstić information content (AvgIpc) is 2.45. The molecular weight excluding hydrogens is 270 g/mol. The Morgan fingerprint density at radius 2 is 2.10 bits per heavy atom. The number of carbonyl (C=O) groups excluding carboxylic acids is 1. The largest absolute Gasteiger partial charge is 0.480 e. The van der Waals surface area contributed by atoms with Gasteiger partial charge in [0.1, 0.15) is 6.54 Å². The van der Waals surface area contributed by atoms with Crippen LogP contribution < -0.4 is 0 Å². The first-order valence-electron chi connectivity index (χ1n) is 6.68. The standard InChI is InChI=1S/C15H19N3O3/c1-3-7-18(11-14(19)20)15(21)17(2)10-13-6-4-5-12(8-13)9-16/h4-6,8H,3,7,10-11H2,1-2H3,(H,19,20). The molecule has 0 spiro atoms. The number of amides is 2. The number of carbonyl (C=O) groups is 2. The van der Waals surface area contributed by atoms with Crippen LogP contribution >= 0.6 is 0 Å². The fourth-order valence-corrected chi connectivity index (χ4v) is 2.00. The molecule has 1 aromatic carbocycles. The lowest BCUT2D eigenvalue weighted by Gasteiger charge is -2.26. The zero-order valence-corrected chi connectivity index (χ0v) is 12.2. The zero-order chi connectivity index (χ0) is 15.8. The summed E-state index contributed by atoms with van der Waals surface area (Å²) in [6, 6.07) is 8.71. The van der Waals surface area contributed by atoms with Crippen LogP contribution in [0.3, 0.4) is 0 Å². The van der Waals surface area contributed by atoms with Gasteiger partial charge < -0.3 is 14.9 Å². The SMILES string of the molecule is CCCN(CC(=O)O)C(=O)N(C)Cc1cccc(C#N)c1. The smallest absolute Gasteiger partial charge is 0.323 e. The molecule has 0 saturated heterocycles. The van der Waals surface area contributed by atoms with Gasteiger partial charge in [-0.25, -0.2) is 4.79 Å². The van der Waals surface area contributed by atoms with Crippen molar-refractivity contribution in [2.75, 3.05) is 20.1 Å². The fourth-order valence-electron chi connectivity index (χ4n) is 2.00. The number of hydrogen-bond acceptors (Lipinski definition) is 3. The van der Waals surface area contributed by atoms with Gasteiger partial charge in [-0.05, 0) is 24.1 Å². The lowest BCUT2D eigenvalue weighted by atomic mass is 10.1. The molecule has 1 rings (SSSR count). The van der Waals surface area contributed by atoms with Crippen molar-refractivity contribution in [3.63, 3.8) is 0 Å². The lowest BCUT2D eigenvalue weighted by molar-refractivity contribution is -0.137. The van der Waals surface area contributed by atoms with Gasteiger partial charge in [-0.2, -0.15) is 5.26 Å². The van der Waals surface area contributed by atoms with Crippen LogP contribution in [0.1, 0.15) is 24.5 Å². The van der Waals surface area contributed by atoms with Gasteiger partial charge in [0.25, 0.3) is 0 Å². The molecule has 112 valence electrons. The van der Waals surface area contributed by atoms with E-state index in [-0.39, 0.29) is 12.6 Å². The van der Waals surface area contributed by atoms with Crippen molar-refractivity contribution in [2.45, 2.75) is 19.9 Å². The van der Waals surface area contributed by atoms with Crippen LogP contribution in [0.15, 0.2) is 24.3 Å². The molecule has 0 aromatic heterocycles. The molecule has 1 N–H and O–H groups in total. The molecule has 0 radical (unpaired) electrons. The second-order valence-corrected chi connectivity index (χ2v) is 4.77. The molecule has 1 aromatic rings. The van der Waals surface area contributed by atoms with E-state index in [1.54, 1.807) is 25.2 Å². The van der Waals surface area contributed by atoms with E-state index in [0.717, 1.165) is 5.56 Å². The molecule has 0 bridgehead atoms. The highest BCUT2D eigenvalue weighted by molar-refractivity contribution is 5.80. The minimum absolute atomic E-state index is 0.310. The molecule has 6 nitrogen and oxygen atoms in total. The summed E-state index contributed by atoms with van der Waals surface area (Å²) in [7, 11) is 1.62. The van der Waals surface area contributed by atoms with Gasteiger partial charge in [0.15, 0.2) is 0 Å². The zero-order valence-electron chi connectivity index (χ0n) is 12.2. The Hall–Kier alpha value is -2.55. The summed E-state index contributed by atoms with van der Waals surface area (Å²) in [6.45, 7) is 2.30. The normalized spacial score (nSPS) is 9.76. The monoisotopic (exact) mass is 289 g/mol. The molecule has 0 fully saturated rings. The number of aliphatic carboxylic acids is 1. The maximum atomic E-state index is 12.3. The first-order chi connectivity index (χ1) is 9.97. The maximum absolute atomic E-state index is 12.3. The number of nitriles is 1. The van der Waals surface area contributed by atoms with Crippen molar-refractivity contribution >= 4 is 12.0 Å². The summed E-state index contributed by atoms with van der Waals surface area (Å²) in [4.78, 5) is 25.8. The third-order valence-electron chi connectivity index (χ3n) is 2.89. The highest BCUT2D eigenvalue weighted by Gasteiger charge is 2.19. The van der Waals surface area contributed by atoms with Crippen LogP contribution in [0, 0.1) is 11.3 Å². The molecule has 0 heterocycles. The van der Waals surface area contributed by atoms with Crippen LogP contribution in [0.5, 0.6) is 0 Å². The number of carboxylic acid groups (broad SMARTS) is 1. The van der Waals surface area contributed by atoms with Crippen LogP contribution in [0.2, 0.25) is 0 Å². The highest BCUT2D eigenvalue weighted by Crippen LogP contribution is 2.09. The Bertz CT molecular complexity index is 551. The molecule has 0 aliphatic rings. The maximum Gasteiger partial charge on any atom is 0.323 e. The highest BCUT2D eigenvalue weighted by atomic mass is 16.4. The molecular formula is C15H19N3O3. The summed E-state index contributed by atoms with van der Waals surface area (Å²) < 4.78 is 0. The average molecular weight is 289 g/mol. The predicted molar refractivity (Wildman–Crippen MR) is 77.5 cm³/mol. The Labute approximate surface area is 124 Å². The number of urea groups is 1. The van der Waals surface area contributed by atoms with E-state index in [2.05, 4.69) is 0 Å². The number of nitrogens with zero attached hydrogens (tertiary/aromatic N) is 3. The van der Waals surface area contributed by atoms with E-state index in [0.29, 0.717) is 25.1 Å². The van der Waals surface area contributed by atoms with Crippen molar-refractivity contribution < 1.29 is 14.7 Å². The Morgan fingerprint density at radius 3 is 2.67 bits per heavy atom. The van der Waals surface area contributed by atoms with E-state index in [1.807, 2.05) is 19.1 Å². The quantitative estimate of drug-likeness (QED) is 0.866. The van der Waals surface area contributed by atoms with Gasteiger partial charge >= 0.3 is 12.0 Å². The molecule has 0 aliphatic carbocycles. The molecule has 2 amide bonds. The number of carboxylic acids is 1. The van der Waals surface area contributed by atoms with Gasteiger partial charge in [0.2, 0.25) is 0 Å². The van der Waals surface area contributed by atoms with E-state index in [9.17, 15) is 9.59 Å². The van der Waals surface area contributed by atoms with Crippen molar-refractivity contribution in [3.8, 4) is 6.07 Å². The molecule has 0 atom stereocenters. The van der Waals surface area contributed by atoms with Crippen molar-refractivity contribution in [2.24, 2.45) is 0 Å². The summed E-state index contributed by atoms with van der Waals surface area (Å²) in [6.07, 6.45) is 0.691. The van der Waals surface area contributed by atoms with Crippen molar-refractivity contribution in [3.05, 3.63) is 35.4 Å². The third-order valence-corrected chi connectivity index (χ3v) is 2.89. The first kappa shape index (κ1) is 16.5. The van der Waals surface area contributed by atoms with Crippen LogP contribution in [-0.2, 0) is 11.3 Å². The van der Waals surface area contributed by atoms with Gasteiger partial charge in [0, 0.05) is 20.1 Å². The van der Waals surface area contributed by atoms with Gasteiger partial charge in [-0.3, -0.25) is 4.79 Å². The summed E-state index contributed by atoms with van der Waals surface area (Å²) >= 11 is 0. The first-order valence-corrected chi connectivity index (χ1v) is 6.68. The predicted octanol–water partition coefficient (Wildman–Crippen LogP) is 1.91. The molecule has 6 heteroatoms. The summed E-state index contributed by atoms with van der Waals surface area (Å²) in [5, 5.41) is 17.7. The fraction of sp³-hybridized carbons (Fsp3) is 0.400. The number of hydrogen-bond donors (Lipinski definition) is 1. The van der Waals surface area contributed by atoms with E-state index in [4.69, 9.17) is 10.4 Å². The van der Waals surface area contributed by atoms with Crippen LogP contribution in [-0.4, -0.2) is 47.0 Å². The van der Waals surface area contributed by atoms with E-state index in [1.165, 1.54) is 9.80 Å². The molecule has 0 saturated carbocycles. The van der Waals surface area contributed by atoms with Crippen molar-refractivity contribution in [1.82, 2.24) is 9.80 Å². The third kappa shape index (κ3) is 5.15.